The van der Waals surface area contributed by atoms with Gasteiger partial charge in [0.1, 0.15) is 17.5 Å². The largest absolute Gasteiger partial charge is 0.496 e. The van der Waals surface area contributed by atoms with E-state index >= 15 is 8.78 Å². The maximum Gasteiger partial charge on any atom is 0.333 e. The summed E-state index contributed by atoms with van der Waals surface area (Å²) in [6, 6.07) is 3.89. The van der Waals surface area contributed by atoms with Gasteiger partial charge >= 0.3 is 5.97 Å². The topological polar surface area (TPSA) is 130 Å². The highest BCUT2D eigenvalue weighted by molar-refractivity contribution is 6.02. The Labute approximate surface area is 234 Å². The number of cyclic esters (lactones) is 1. The zero-order chi connectivity index (χ0) is 28.9. The van der Waals surface area contributed by atoms with Gasteiger partial charge in [-0.05, 0) is 43.9 Å². The zero-order valence-corrected chi connectivity index (χ0v) is 22.6. The molecule has 3 N–H and O–H groups in total. The Balaban J connectivity index is 1.32. The number of carbonyl (C=O) groups is 4. The lowest BCUT2D eigenvalue weighted by atomic mass is 9.71. The van der Waals surface area contributed by atoms with Crippen LogP contribution in [0.5, 0.6) is 5.75 Å². The predicted octanol–water partition coefficient (Wildman–Crippen LogP) is 2.69. The molecule has 218 valence electrons. The first-order valence-electron chi connectivity index (χ1n) is 14.0. The van der Waals surface area contributed by atoms with Crippen LogP contribution in [0.25, 0.3) is 10.9 Å². The first-order valence-corrected chi connectivity index (χ1v) is 14.0. The number of esters is 1. The number of H-pyrrole nitrogens is 1. The van der Waals surface area contributed by atoms with E-state index in [4.69, 9.17) is 9.47 Å². The van der Waals surface area contributed by atoms with Crippen molar-refractivity contribution < 1.29 is 37.4 Å². The van der Waals surface area contributed by atoms with Crippen LogP contribution in [-0.4, -0.2) is 77.9 Å². The van der Waals surface area contributed by atoms with Crippen LogP contribution in [-0.2, 0) is 19.1 Å². The zero-order valence-electron chi connectivity index (χ0n) is 22.6. The number of methoxy groups -OCH3 is 1. The highest BCUT2D eigenvalue weighted by atomic mass is 19.3. The minimum Gasteiger partial charge on any atom is -0.496 e. The number of amides is 3. The summed E-state index contributed by atoms with van der Waals surface area (Å²) >= 11 is 0. The molecular weight excluding hydrogens is 538 g/mol. The molecule has 1 aliphatic carbocycles. The van der Waals surface area contributed by atoms with Crippen LogP contribution < -0.4 is 15.4 Å². The average molecular weight is 571 g/mol. The molecule has 5 heterocycles. The molecule has 3 amide bonds. The molecule has 5 atom stereocenters. The molecule has 0 radical (unpaired) electrons. The normalized spacial score (nSPS) is 28.6. The number of halogens is 2. The molecule has 0 unspecified atom stereocenters. The third kappa shape index (κ3) is 4.93. The number of fused-ring (bicyclic) bond motifs is 4. The standard InChI is InChI=1S/C29H32F2N4O6/c1-40-23-4-2-3-21-19(23)13-22(34-21)27(38)35-18-5-6-20(29(30,31)14-18)24(35)26(37)33-17(11-15-7-9-32-25(15)36)12-16-8-10-41-28(16)39/h2-4,12-13,15,17-18,20,24,34H,5-11,14H2,1H3,(H,32,36)(H,33,37)/b16-12-/t15-,17+,18+,20+,24-/m0/s1. The highest BCUT2D eigenvalue weighted by Crippen LogP contribution is 2.49. The van der Waals surface area contributed by atoms with Crippen LogP contribution in [0.4, 0.5) is 8.78 Å². The van der Waals surface area contributed by atoms with E-state index in [0.29, 0.717) is 48.0 Å². The van der Waals surface area contributed by atoms with Crippen molar-refractivity contribution in [3.05, 3.63) is 41.6 Å². The molecule has 12 heteroatoms. The number of ether oxygens (including phenoxy) is 2. The van der Waals surface area contributed by atoms with Crippen molar-refractivity contribution in [3.63, 3.8) is 0 Å². The quantitative estimate of drug-likeness (QED) is 0.347. The van der Waals surface area contributed by atoms with Gasteiger partial charge in [0.25, 0.3) is 11.8 Å². The van der Waals surface area contributed by atoms with E-state index in [0.717, 1.165) is 0 Å². The summed E-state index contributed by atoms with van der Waals surface area (Å²) in [5.41, 5.74) is 1.18. The lowest BCUT2D eigenvalue weighted by Crippen LogP contribution is -2.68. The number of benzene rings is 1. The van der Waals surface area contributed by atoms with Crippen molar-refractivity contribution in [2.24, 2.45) is 11.8 Å². The minimum atomic E-state index is -3.13. The van der Waals surface area contributed by atoms with Crippen molar-refractivity contribution in [1.29, 1.82) is 0 Å². The van der Waals surface area contributed by atoms with Gasteiger partial charge < -0.3 is 30.0 Å². The van der Waals surface area contributed by atoms with Crippen molar-refractivity contribution in [1.82, 2.24) is 20.5 Å². The number of carbonyl (C=O) groups excluding carboxylic acids is 4. The van der Waals surface area contributed by atoms with Crippen molar-refractivity contribution in [2.75, 3.05) is 20.3 Å². The maximum atomic E-state index is 15.2. The number of nitrogens with one attached hydrogen (secondary N) is 3. The van der Waals surface area contributed by atoms with Gasteiger partial charge in [-0.15, -0.1) is 0 Å². The molecule has 2 bridgehead atoms. The number of aromatic amines is 1. The number of hydrogen-bond donors (Lipinski definition) is 3. The summed E-state index contributed by atoms with van der Waals surface area (Å²) in [7, 11) is 1.52. The number of alkyl halides is 2. The van der Waals surface area contributed by atoms with E-state index in [1.54, 1.807) is 30.3 Å². The van der Waals surface area contributed by atoms with Gasteiger partial charge in [-0.25, -0.2) is 13.6 Å². The fourth-order valence-corrected chi connectivity index (χ4v) is 6.81. The van der Waals surface area contributed by atoms with E-state index in [1.165, 1.54) is 12.0 Å². The van der Waals surface area contributed by atoms with Crippen molar-refractivity contribution >= 4 is 34.6 Å². The summed E-state index contributed by atoms with van der Waals surface area (Å²) in [5, 5.41) is 6.25. The Hall–Kier alpha value is -3.96. The number of piperidine rings is 2. The van der Waals surface area contributed by atoms with Crippen LogP contribution in [0, 0.1) is 11.8 Å². The minimum absolute atomic E-state index is 0.100. The molecule has 5 fully saturated rings. The lowest BCUT2D eigenvalue weighted by molar-refractivity contribution is -0.179. The molecule has 10 nitrogen and oxygen atoms in total. The van der Waals surface area contributed by atoms with E-state index in [-0.39, 0.29) is 31.0 Å². The Morgan fingerprint density at radius 3 is 2.78 bits per heavy atom. The molecule has 5 aliphatic rings. The molecule has 1 saturated carbocycles. The molecule has 2 aromatic rings. The Morgan fingerprint density at radius 2 is 2.10 bits per heavy atom. The fraction of sp³-hybridized carbons (Fsp3) is 0.517. The van der Waals surface area contributed by atoms with E-state index in [2.05, 4.69) is 15.6 Å². The van der Waals surface area contributed by atoms with E-state index < -0.39 is 60.1 Å². The maximum absolute atomic E-state index is 15.2. The average Bonchev–Trinajstić information content (AvgIpc) is 3.67. The first-order chi connectivity index (χ1) is 19.7. The van der Waals surface area contributed by atoms with E-state index in [9.17, 15) is 19.2 Å². The molecule has 4 saturated heterocycles. The molecule has 7 rings (SSSR count). The highest BCUT2D eigenvalue weighted by Gasteiger charge is 2.60. The van der Waals surface area contributed by atoms with Crippen LogP contribution in [0.15, 0.2) is 35.9 Å². The van der Waals surface area contributed by atoms with Crippen LogP contribution in [0.1, 0.15) is 49.0 Å². The Morgan fingerprint density at radius 1 is 1.27 bits per heavy atom. The van der Waals surface area contributed by atoms with Crippen molar-refractivity contribution in [3.8, 4) is 5.75 Å². The van der Waals surface area contributed by atoms with Gasteiger partial charge in [-0.2, -0.15) is 0 Å². The number of hydrogen-bond acceptors (Lipinski definition) is 6. The van der Waals surface area contributed by atoms with Crippen LogP contribution in [0.2, 0.25) is 0 Å². The SMILES string of the molecule is COc1cccc2[nH]c(C(=O)N3[C@@H]4CC[C@H]([C@H]3C(=O)N[C@@H](/C=C3/CCOC3=O)C[C@@H]3CCNC3=O)C(F)(F)C4)cc12. The fourth-order valence-electron chi connectivity index (χ4n) is 6.81. The van der Waals surface area contributed by atoms with Crippen LogP contribution in [0.3, 0.4) is 0 Å². The van der Waals surface area contributed by atoms with Gasteiger partial charge in [-0.3, -0.25) is 14.4 Å². The summed E-state index contributed by atoms with van der Waals surface area (Å²) in [6.45, 7) is 0.713. The molecule has 1 aromatic heterocycles. The Bertz CT molecular complexity index is 1440. The summed E-state index contributed by atoms with van der Waals surface area (Å²) < 4.78 is 40.9. The second kappa shape index (κ2) is 10.5. The smallest absolute Gasteiger partial charge is 0.333 e. The molecule has 1 aromatic carbocycles. The molecule has 0 spiro atoms. The van der Waals surface area contributed by atoms with Gasteiger partial charge in [-0.1, -0.05) is 12.1 Å². The van der Waals surface area contributed by atoms with E-state index in [1.807, 2.05) is 0 Å². The molecule has 41 heavy (non-hydrogen) atoms. The van der Waals surface area contributed by atoms with Gasteiger partial charge in [0, 0.05) is 53.9 Å². The third-order valence-electron chi connectivity index (χ3n) is 8.81. The number of rotatable bonds is 7. The summed E-state index contributed by atoms with van der Waals surface area (Å²) in [6.07, 6.45) is 2.61. The van der Waals surface area contributed by atoms with Gasteiger partial charge in [0.15, 0.2) is 0 Å². The van der Waals surface area contributed by atoms with Gasteiger partial charge in [0.2, 0.25) is 11.8 Å². The van der Waals surface area contributed by atoms with Crippen LogP contribution >= 0.6 is 0 Å². The number of aromatic nitrogens is 1. The molecular formula is C29H32F2N4O6. The second-order valence-corrected chi connectivity index (χ2v) is 11.3. The third-order valence-corrected chi connectivity index (χ3v) is 8.81. The number of nitrogens with zero attached hydrogens (tertiary/aromatic N) is 1. The predicted molar refractivity (Wildman–Crippen MR) is 142 cm³/mol. The second-order valence-electron chi connectivity index (χ2n) is 11.3. The summed E-state index contributed by atoms with van der Waals surface area (Å²) in [5.74, 6) is -6.28. The monoisotopic (exact) mass is 570 g/mol. The lowest BCUT2D eigenvalue weighted by Gasteiger charge is -2.53. The first kappa shape index (κ1) is 27.2. The summed E-state index contributed by atoms with van der Waals surface area (Å²) in [4.78, 5) is 56.6. The van der Waals surface area contributed by atoms with Crippen molar-refractivity contribution in [2.45, 2.75) is 62.6 Å². The Kier molecular flexibility index (Phi) is 6.95. The van der Waals surface area contributed by atoms with Gasteiger partial charge in [0.05, 0.1) is 19.6 Å². The molecule has 4 aliphatic heterocycles.